The third-order valence-corrected chi connectivity index (χ3v) is 5.94. The van der Waals surface area contributed by atoms with Crippen LogP contribution in [0, 0.1) is 22.4 Å². The molecule has 0 amide bonds. The standard InChI is InChI=1S/C23H23F2N3O3S/c1-30-18-5-2-15(3-6-18)12-21-26-28(23(32)31-21)14-27-10-8-16(9-11-27)22(29)19-13-17(24)4-7-20(19)25/h2-7,13,16H,8-12,14H2,1H3. The van der Waals surface area contributed by atoms with Crippen LogP contribution in [0.15, 0.2) is 46.9 Å². The number of likely N-dealkylation sites (tertiary alicyclic amines) is 1. The Morgan fingerprint density at radius 2 is 1.91 bits per heavy atom. The highest BCUT2D eigenvalue weighted by Gasteiger charge is 2.28. The quantitative estimate of drug-likeness (QED) is 0.379. The Morgan fingerprint density at radius 1 is 1.19 bits per heavy atom. The summed E-state index contributed by atoms with van der Waals surface area (Å²) in [7, 11) is 1.62. The van der Waals surface area contributed by atoms with Crippen molar-refractivity contribution in [3.8, 4) is 5.75 Å². The first-order valence-electron chi connectivity index (χ1n) is 10.3. The number of methoxy groups -OCH3 is 1. The van der Waals surface area contributed by atoms with Crippen LogP contribution in [0.5, 0.6) is 5.75 Å². The van der Waals surface area contributed by atoms with Crippen molar-refractivity contribution in [1.82, 2.24) is 14.7 Å². The molecule has 3 aromatic rings. The molecule has 9 heteroatoms. The zero-order chi connectivity index (χ0) is 22.7. The number of hydrogen-bond acceptors (Lipinski definition) is 6. The minimum Gasteiger partial charge on any atom is -0.497 e. The van der Waals surface area contributed by atoms with Crippen molar-refractivity contribution in [1.29, 1.82) is 0 Å². The number of ketones is 1. The van der Waals surface area contributed by atoms with Crippen molar-refractivity contribution < 1.29 is 22.7 Å². The molecule has 0 atom stereocenters. The lowest BCUT2D eigenvalue weighted by Crippen LogP contribution is -2.37. The van der Waals surface area contributed by atoms with E-state index in [9.17, 15) is 13.6 Å². The summed E-state index contributed by atoms with van der Waals surface area (Å²) in [6, 6.07) is 10.6. The SMILES string of the molecule is COc1ccc(Cc2nn(CN3CCC(C(=O)c4cc(F)ccc4F)CC3)c(=S)o2)cc1. The highest BCUT2D eigenvalue weighted by atomic mass is 32.1. The fourth-order valence-electron chi connectivity index (χ4n) is 3.86. The number of rotatable bonds is 7. The summed E-state index contributed by atoms with van der Waals surface area (Å²) in [6.07, 6.45) is 1.62. The van der Waals surface area contributed by atoms with Crippen LogP contribution in [-0.4, -0.2) is 40.7 Å². The van der Waals surface area contributed by atoms with E-state index in [0.29, 0.717) is 44.9 Å². The van der Waals surface area contributed by atoms with E-state index < -0.39 is 11.6 Å². The maximum Gasteiger partial charge on any atom is 0.288 e. The predicted molar refractivity (Wildman–Crippen MR) is 116 cm³/mol. The number of nitrogens with zero attached hydrogens (tertiary/aromatic N) is 3. The van der Waals surface area contributed by atoms with Gasteiger partial charge in [0.2, 0.25) is 5.89 Å². The first-order valence-corrected chi connectivity index (χ1v) is 10.7. The van der Waals surface area contributed by atoms with E-state index in [1.54, 1.807) is 11.8 Å². The van der Waals surface area contributed by atoms with Crippen LogP contribution in [0.1, 0.15) is 34.7 Å². The Morgan fingerprint density at radius 3 is 2.59 bits per heavy atom. The fourth-order valence-corrected chi connectivity index (χ4v) is 4.06. The smallest absolute Gasteiger partial charge is 0.288 e. The number of ether oxygens (including phenoxy) is 1. The van der Waals surface area contributed by atoms with Gasteiger partial charge >= 0.3 is 0 Å². The largest absolute Gasteiger partial charge is 0.497 e. The molecule has 0 bridgehead atoms. The van der Waals surface area contributed by atoms with Gasteiger partial charge in [-0.2, -0.15) is 0 Å². The van der Waals surface area contributed by atoms with Crippen molar-refractivity contribution in [3.63, 3.8) is 0 Å². The molecule has 1 aliphatic heterocycles. The minimum absolute atomic E-state index is 0.176. The Balaban J connectivity index is 1.34. The molecule has 4 rings (SSSR count). The normalized spacial score (nSPS) is 15.1. The molecule has 1 aromatic heterocycles. The Labute approximate surface area is 189 Å². The number of halogens is 2. The average Bonchev–Trinajstić information content (AvgIpc) is 3.14. The monoisotopic (exact) mass is 459 g/mol. The molecule has 0 saturated carbocycles. The van der Waals surface area contributed by atoms with Crippen LogP contribution < -0.4 is 4.74 Å². The molecule has 32 heavy (non-hydrogen) atoms. The lowest BCUT2D eigenvalue weighted by atomic mass is 9.89. The minimum atomic E-state index is -0.683. The van der Waals surface area contributed by atoms with Crippen LogP contribution in [0.2, 0.25) is 0 Å². The van der Waals surface area contributed by atoms with Crippen molar-refractivity contribution >= 4 is 18.0 Å². The molecule has 2 aromatic carbocycles. The first kappa shape index (κ1) is 22.3. The molecular weight excluding hydrogens is 436 g/mol. The first-order chi connectivity index (χ1) is 15.4. The number of piperidine rings is 1. The van der Waals surface area contributed by atoms with Gasteiger partial charge in [-0.1, -0.05) is 12.1 Å². The molecule has 1 aliphatic rings. The van der Waals surface area contributed by atoms with Gasteiger partial charge in [0.1, 0.15) is 17.4 Å². The van der Waals surface area contributed by atoms with Crippen molar-refractivity contribution in [2.75, 3.05) is 20.2 Å². The molecule has 1 saturated heterocycles. The number of hydrogen-bond donors (Lipinski definition) is 0. The van der Waals surface area contributed by atoms with Gasteiger partial charge in [0.25, 0.3) is 4.84 Å². The molecule has 6 nitrogen and oxygen atoms in total. The second-order valence-electron chi connectivity index (χ2n) is 7.81. The summed E-state index contributed by atoms with van der Waals surface area (Å²) in [4.78, 5) is 15.0. The van der Waals surface area contributed by atoms with E-state index in [1.807, 2.05) is 24.3 Å². The lowest BCUT2D eigenvalue weighted by Gasteiger charge is -2.30. The Kier molecular flexibility index (Phi) is 6.76. The molecule has 0 aliphatic carbocycles. The van der Waals surface area contributed by atoms with E-state index in [0.717, 1.165) is 29.5 Å². The highest BCUT2D eigenvalue weighted by molar-refractivity contribution is 7.71. The van der Waals surface area contributed by atoms with Gasteiger partial charge in [-0.15, -0.1) is 5.10 Å². The van der Waals surface area contributed by atoms with E-state index in [1.165, 1.54) is 0 Å². The summed E-state index contributed by atoms with van der Waals surface area (Å²) in [5.74, 6) is -0.677. The summed E-state index contributed by atoms with van der Waals surface area (Å²) in [5, 5.41) is 4.48. The lowest BCUT2D eigenvalue weighted by molar-refractivity contribution is 0.0797. The van der Waals surface area contributed by atoms with Crippen molar-refractivity contribution in [3.05, 3.63) is 76.0 Å². The zero-order valence-corrected chi connectivity index (χ0v) is 18.4. The van der Waals surface area contributed by atoms with Gasteiger partial charge in [-0.05, 0) is 61.0 Å². The van der Waals surface area contributed by atoms with Crippen molar-refractivity contribution in [2.45, 2.75) is 25.9 Å². The predicted octanol–water partition coefficient (Wildman–Crippen LogP) is 4.64. The number of aromatic nitrogens is 2. The summed E-state index contributed by atoms with van der Waals surface area (Å²) in [5.41, 5.74) is 0.850. The molecule has 0 unspecified atom stereocenters. The maximum absolute atomic E-state index is 13.9. The van der Waals surface area contributed by atoms with Crippen LogP contribution in [0.3, 0.4) is 0 Å². The molecule has 168 valence electrons. The van der Waals surface area contributed by atoms with Gasteiger partial charge in [-0.25, -0.2) is 13.5 Å². The van der Waals surface area contributed by atoms with Crippen LogP contribution in [0.25, 0.3) is 0 Å². The third kappa shape index (κ3) is 5.11. The van der Waals surface area contributed by atoms with Gasteiger partial charge in [0, 0.05) is 19.0 Å². The van der Waals surface area contributed by atoms with E-state index in [4.69, 9.17) is 21.4 Å². The number of benzene rings is 2. The van der Waals surface area contributed by atoms with Crippen molar-refractivity contribution in [2.24, 2.45) is 5.92 Å². The molecule has 1 fully saturated rings. The summed E-state index contributed by atoms with van der Waals surface area (Å²) >= 11 is 5.31. The zero-order valence-electron chi connectivity index (χ0n) is 17.6. The summed E-state index contributed by atoms with van der Waals surface area (Å²) < 4.78 is 39.8. The molecule has 0 spiro atoms. The van der Waals surface area contributed by atoms with Gasteiger partial charge in [0.15, 0.2) is 5.78 Å². The maximum atomic E-state index is 13.9. The average molecular weight is 460 g/mol. The molecule has 2 heterocycles. The van der Waals surface area contributed by atoms with Gasteiger partial charge < -0.3 is 9.15 Å². The third-order valence-electron chi connectivity index (χ3n) is 5.65. The molecule has 0 N–H and O–H groups in total. The summed E-state index contributed by atoms with van der Waals surface area (Å²) in [6.45, 7) is 1.69. The van der Waals surface area contributed by atoms with E-state index in [-0.39, 0.29) is 22.1 Å². The topological polar surface area (TPSA) is 60.5 Å². The van der Waals surface area contributed by atoms with Gasteiger partial charge in [0.05, 0.1) is 25.8 Å². The Bertz CT molecular complexity index is 1150. The fraction of sp³-hybridized carbons (Fsp3) is 0.348. The Hall–Kier alpha value is -2.91. The molecule has 0 radical (unpaired) electrons. The number of carbonyl (C=O) groups excluding carboxylic acids is 1. The number of carbonyl (C=O) groups is 1. The second-order valence-corrected chi connectivity index (χ2v) is 8.16. The number of Topliss-reactive ketones (excluding diaryl/α,β-unsaturated/α-hetero) is 1. The van der Waals surface area contributed by atoms with Gasteiger partial charge in [-0.3, -0.25) is 9.69 Å². The van der Waals surface area contributed by atoms with Crippen LogP contribution in [0.4, 0.5) is 8.78 Å². The molecular formula is C23H23F2N3O3S. The second kappa shape index (κ2) is 9.70. The highest BCUT2D eigenvalue weighted by Crippen LogP contribution is 2.24. The van der Waals surface area contributed by atoms with Crippen LogP contribution >= 0.6 is 12.2 Å². The van der Waals surface area contributed by atoms with E-state index in [2.05, 4.69) is 10.00 Å². The van der Waals surface area contributed by atoms with Crippen LogP contribution in [-0.2, 0) is 13.1 Å². The van der Waals surface area contributed by atoms with E-state index >= 15 is 0 Å².